The van der Waals surface area contributed by atoms with Gasteiger partial charge in [0.25, 0.3) is 5.91 Å². The van der Waals surface area contributed by atoms with Gasteiger partial charge in [0.15, 0.2) is 5.69 Å². The zero-order valence-electron chi connectivity index (χ0n) is 21.7. The van der Waals surface area contributed by atoms with Crippen molar-refractivity contribution in [2.45, 2.75) is 45.8 Å². The number of hydrogen-bond donors (Lipinski definition) is 1. The van der Waals surface area contributed by atoms with Crippen LogP contribution in [0.4, 0.5) is 4.39 Å². The normalized spacial score (nSPS) is 16.6. The lowest BCUT2D eigenvalue weighted by Gasteiger charge is -2.43. The number of amides is 2. The maximum atomic E-state index is 13.7. The van der Waals surface area contributed by atoms with Crippen LogP contribution in [0.3, 0.4) is 0 Å². The SMILES string of the molecule is CCOC(=O)c1cc2n(n1)C[C@](C)(C(=O)NCc1ccc(F)cc1)N(CCc1ccc(OCC)cc1)C2=O. The number of nitrogens with one attached hydrogen (secondary N) is 1. The molecule has 0 saturated carbocycles. The first-order valence-electron chi connectivity index (χ1n) is 12.6. The van der Waals surface area contributed by atoms with Crippen molar-refractivity contribution in [3.8, 4) is 5.75 Å². The zero-order valence-corrected chi connectivity index (χ0v) is 21.7. The molecule has 38 heavy (non-hydrogen) atoms. The van der Waals surface area contributed by atoms with Crippen LogP contribution in [-0.4, -0.2) is 57.8 Å². The van der Waals surface area contributed by atoms with E-state index in [0.717, 1.165) is 16.9 Å². The predicted molar refractivity (Wildman–Crippen MR) is 137 cm³/mol. The number of carbonyl (C=O) groups is 3. The summed E-state index contributed by atoms with van der Waals surface area (Å²) in [6.45, 7) is 6.48. The Hall–Kier alpha value is -4.21. The lowest BCUT2D eigenvalue weighted by molar-refractivity contribution is -0.133. The van der Waals surface area contributed by atoms with E-state index in [1.54, 1.807) is 26.0 Å². The van der Waals surface area contributed by atoms with Crippen molar-refractivity contribution < 1.29 is 28.2 Å². The van der Waals surface area contributed by atoms with Gasteiger partial charge in [0, 0.05) is 19.2 Å². The van der Waals surface area contributed by atoms with Crippen LogP contribution < -0.4 is 10.1 Å². The van der Waals surface area contributed by atoms with Crippen LogP contribution in [0.25, 0.3) is 0 Å². The summed E-state index contributed by atoms with van der Waals surface area (Å²) in [7, 11) is 0. The summed E-state index contributed by atoms with van der Waals surface area (Å²) in [6, 6.07) is 14.8. The lowest BCUT2D eigenvalue weighted by Crippen LogP contribution is -2.64. The molecule has 10 heteroatoms. The van der Waals surface area contributed by atoms with Crippen molar-refractivity contribution in [3.05, 3.63) is 82.9 Å². The molecule has 0 fully saturated rings. The largest absolute Gasteiger partial charge is 0.494 e. The quantitative estimate of drug-likeness (QED) is 0.410. The van der Waals surface area contributed by atoms with Gasteiger partial charge in [0.1, 0.15) is 22.8 Å². The van der Waals surface area contributed by atoms with Gasteiger partial charge >= 0.3 is 5.97 Å². The monoisotopic (exact) mass is 522 g/mol. The highest BCUT2D eigenvalue weighted by atomic mass is 19.1. The molecule has 0 radical (unpaired) electrons. The molecular weight excluding hydrogens is 491 g/mol. The van der Waals surface area contributed by atoms with Crippen molar-refractivity contribution >= 4 is 17.8 Å². The average molecular weight is 523 g/mol. The number of benzene rings is 2. The van der Waals surface area contributed by atoms with E-state index in [1.807, 2.05) is 31.2 Å². The topological polar surface area (TPSA) is 103 Å². The first-order valence-corrected chi connectivity index (χ1v) is 12.6. The summed E-state index contributed by atoms with van der Waals surface area (Å²) >= 11 is 0. The van der Waals surface area contributed by atoms with Gasteiger partial charge in [0.05, 0.1) is 19.8 Å². The Labute approximate surface area is 220 Å². The highest BCUT2D eigenvalue weighted by Gasteiger charge is 2.48. The number of nitrogens with zero attached hydrogens (tertiary/aromatic N) is 3. The van der Waals surface area contributed by atoms with Gasteiger partial charge in [0.2, 0.25) is 5.91 Å². The molecule has 1 aromatic heterocycles. The number of carbonyl (C=O) groups excluding carboxylic acids is 3. The summed E-state index contributed by atoms with van der Waals surface area (Å²) in [5.41, 5.74) is 0.617. The fraction of sp³-hybridized carbons (Fsp3) is 0.357. The molecular formula is C28H31FN4O5. The molecule has 3 aromatic rings. The van der Waals surface area contributed by atoms with Gasteiger partial charge in [-0.2, -0.15) is 5.10 Å². The Bertz CT molecular complexity index is 1310. The van der Waals surface area contributed by atoms with Gasteiger partial charge in [-0.15, -0.1) is 0 Å². The molecule has 4 rings (SSSR count). The van der Waals surface area contributed by atoms with E-state index in [9.17, 15) is 18.8 Å². The number of halogens is 1. The number of aromatic nitrogens is 2. The Morgan fingerprint density at radius 1 is 1.05 bits per heavy atom. The standard InChI is InChI=1S/C28H31FN4O5/c1-4-37-22-12-8-19(9-13-22)14-15-32-25(34)24-16-23(26(35)38-5-2)31-33(24)18-28(32,3)27(36)30-17-20-6-10-21(29)11-7-20/h6-13,16H,4-5,14-15,17-18H2,1-3H3,(H,30,36)/t28-/m1/s1. The van der Waals surface area contributed by atoms with Gasteiger partial charge in [-0.3, -0.25) is 14.3 Å². The van der Waals surface area contributed by atoms with Crippen LogP contribution in [0.15, 0.2) is 54.6 Å². The van der Waals surface area contributed by atoms with E-state index in [0.29, 0.717) is 13.0 Å². The Kier molecular flexibility index (Phi) is 8.09. The minimum atomic E-state index is -1.30. The molecule has 0 spiro atoms. The fourth-order valence-corrected chi connectivity index (χ4v) is 4.43. The fourth-order valence-electron chi connectivity index (χ4n) is 4.43. The van der Waals surface area contributed by atoms with Gasteiger partial charge in [-0.25, -0.2) is 9.18 Å². The second kappa shape index (κ2) is 11.5. The molecule has 2 heterocycles. The number of rotatable bonds is 10. The minimum Gasteiger partial charge on any atom is -0.494 e. The van der Waals surface area contributed by atoms with Crippen molar-refractivity contribution in [2.24, 2.45) is 0 Å². The second-order valence-corrected chi connectivity index (χ2v) is 9.16. The highest BCUT2D eigenvalue weighted by Crippen LogP contribution is 2.28. The first-order chi connectivity index (χ1) is 18.2. The minimum absolute atomic E-state index is 0.0117. The summed E-state index contributed by atoms with van der Waals surface area (Å²) in [4.78, 5) is 41.0. The Morgan fingerprint density at radius 3 is 2.39 bits per heavy atom. The molecule has 1 aliphatic heterocycles. The Morgan fingerprint density at radius 2 is 1.74 bits per heavy atom. The third-order valence-electron chi connectivity index (χ3n) is 6.50. The molecule has 0 bridgehead atoms. The molecule has 200 valence electrons. The van der Waals surface area contributed by atoms with E-state index in [4.69, 9.17) is 9.47 Å². The first kappa shape index (κ1) is 26.8. The van der Waals surface area contributed by atoms with E-state index in [-0.39, 0.29) is 49.4 Å². The molecule has 2 aromatic carbocycles. The summed E-state index contributed by atoms with van der Waals surface area (Å²) in [6.07, 6.45) is 0.498. The van der Waals surface area contributed by atoms with Crippen molar-refractivity contribution in [1.29, 1.82) is 0 Å². The molecule has 2 amide bonds. The molecule has 1 atom stereocenters. The summed E-state index contributed by atoms with van der Waals surface area (Å²) in [5.74, 6) is -1.05. The van der Waals surface area contributed by atoms with E-state index < -0.39 is 17.4 Å². The third kappa shape index (κ3) is 5.69. The van der Waals surface area contributed by atoms with Crippen LogP contribution in [-0.2, 0) is 29.0 Å². The summed E-state index contributed by atoms with van der Waals surface area (Å²) < 4.78 is 25.2. The van der Waals surface area contributed by atoms with Crippen LogP contribution >= 0.6 is 0 Å². The number of hydrogen-bond acceptors (Lipinski definition) is 6. The van der Waals surface area contributed by atoms with Crippen LogP contribution in [0.2, 0.25) is 0 Å². The van der Waals surface area contributed by atoms with Gasteiger partial charge in [-0.05, 0) is 62.6 Å². The van der Waals surface area contributed by atoms with Gasteiger partial charge < -0.3 is 19.7 Å². The number of fused-ring (bicyclic) bond motifs is 1. The van der Waals surface area contributed by atoms with Crippen molar-refractivity contribution in [3.63, 3.8) is 0 Å². The lowest BCUT2D eigenvalue weighted by atomic mass is 9.94. The maximum Gasteiger partial charge on any atom is 0.358 e. The van der Waals surface area contributed by atoms with Crippen LogP contribution in [0, 0.1) is 5.82 Å². The molecule has 1 N–H and O–H groups in total. The molecule has 1 aliphatic rings. The van der Waals surface area contributed by atoms with Crippen molar-refractivity contribution in [2.75, 3.05) is 19.8 Å². The highest BCUT2D eigenvalue weighted by molar-refractivity contribution is 6.01. The zero-order chi connectivity index (χ0) is 27.3. The Balaban J connectivity index is 1.59. The summed E-state index contributed by atoms with van der Waals surface area (Å²) in [5, 5.41) is 7.14. The second-order valence-electron chi connectivity index (χ2n) is 9.16. The predicted octanol–water partition coefficient (Wildman–Crippen LogP) is 3.37. The van der Waals surface area contributed by atoms with Gasteiger partial charge in [-0.1, -0.05) is 24.3 Å². The van der Waals surface area contributed by atoms with Crippen LogP contribution in [0.1, 0.15) is 52.9 Å². The molecule has 0 unspecified atom stereocenters. The number of esters is 1. The van der Waals surface area contributed by atoms with Crippen LogP contribution in [0.5, 0.6) is 5.75 Å². The molecule has 0 saturated heterocycles. The van der Waals surface area contributed by atoms with E-state index >= 15 is 0 Å². The molecule has 0 aliphatic carbocycles. The third-order valence-corrected chi connectivity index (χ3v) is 6.50. The number of ether oxygens (including phenoxy) is 2. The maximum absolute atomic E-state index is 13.7. The average Bonchev–Trinajstić information content (AvgIpc) is 3.33. The molecule has 9 nitrogen and oxygen atoms in total. The van der Waals surface area contributed by atoms with E-state index in [2.05, 4.69) is 10.4 Å². The van der Waals surface area contributed by atoms with E-state index in [1.165, 1.54) is 27.8 Å². The smallest absolute Gasteiger partial charge is 0.358 e. The van der Waals surface area contributed by atoms with Crippen molar-refractivity contribution in [1.82, 2.24) is 20.0 Å².